The van der Waals surface area contributed by atoms with Gasteiger partial charge in [-0.25, -0.2) is 4.39 Å². The van der Waals surface area contributed by atoms with Gasteiger partial charge in [0, 0.05) is 20.7 Å². The fourth-order valence-electron chi connectivity index (χ4n) is 1.62. The van der Waals surface area contributed by atoms with Crippen molar-refractivity contribution < 1.29 is 22.3 Å². The monoisotopic (exact) mass is 299 g/mol. The number of halogens is 5. The highest BCUT2D eigenvalue weighted by atomic mass is 35.5. The van der Waals surface area contributed by atoms with Gasteiger partial charge in [-0.05, 0) is 18.2 Å². The van der Waals surface area contributed by atoms with E-state index in [0.717, 1.165) is 12.1 Å². The number of rotatable bonds is 5. The maximum absolute atomic E-state index is 13.7. The standard InChI is InChI=1S/C12H14ClF4NO/c1-18(6-9(13)7-19-2)11-4-3-8(5-10(11)14)12(15,16)17/h3-5,9H,6-7H2,1-2H3. The Morgan fingerprint density at radius 3 is 2.47 bits per heavy atom. The molecule has 19 heavy (non-hydrogen) atoms. The van der Waals surface area contributed by atoms with E-state index in [1.807, 2.05) is 0 Å². The number of hydrogen-bond donors (Lipinski definition) is 0. The van der Waals surface area contributed by atoms with Crippen LogP contribution in [0.4, 0.5) is 23.2 Å². The van der Waals surface area contributed by atoms with Crippen molar-refractivity contribution in [1.82, 2.24) is 0 Å². The normalized spacial score (nSPS) is 13.4. The molecular weight excluding hydrogens is 286 g/mol. The first kappa shape index (κ1) is 16.0. The summed E-state index contributed by atoms with van der Waals surface area (Å²) in [6.45, 7) is 0.534. The fourth-order valence-corrected chi connectivity index (χ4v) is 1.95. The molecule has 0 saturated heterocycles. The minimum absolute atomic E-state index is 0.0646. The van der Waals surface area contributed by atoms with Gasteiger partial charge in [-0.15, -0.1) is 11.6 Å². The first-order valence-corrected chi connectivity index (χ1v) is 5.90. The third-order valence-corrected chi connectivity index (χ3v) is 2.77. The molecule has 0 spiro atoms. The van der Waals surface area contributed by atoms with Crippen LogP contribution < -0.4 is 4.90 Å². The molecule has 0 radical (unpaired) electrons. The quantitative estimate of drug-likeness (QED) is 0.609. The zero-order valence-electron chi connectivity index (χ0n) is 10.5. The van der Waals surface area contributed by atoms with Crippen LogP contribution >= 0.6 is 11.6 Å². The molecular formula is C12H14ClF4NO. The number of benzene rings is 1. The summed E-state index contributed by atoms with van der Waals surface area (Å²) in [5, 5.41) is -0.378. The third kappa shape index (κ3) is 4.54. The minimum Gasteiger partial charge on any atom is -0.383 e. The lowest BCUT2D eigenvalue weighted by Crippen LogP contribution is -2.29. The molecule has 1 aromatic rings. The number of methoxy groups -OCH3 is 1. The van der Waals surface area contributed by atoms with Crippen LogP contribution in [-0.4, -0.2) is 32.7 Å². The summed E-state index contributed by atoms with van der Waals surface area (Å²) in [6.07, 6.45) is -4.55. The number of hydrogen-bond acceptors (Lipinski definition) is 2. The highest BCUT2D eigenvalue weighted by Gasteiger charge is 2.31. The van der Waals surface area contributed by atoms with E-state index in [0.29, 0.717) is 6.07 Å². The summed E-state index contributed by atoms with van der Waals surface area (Å²) in [4.78, 5) is 1.45. The third-order valence-electron chi connectivity index (χ3n) is 2.51. The van der Waals surface area contributed by atoms with Crippen LogP contribution in [0.3, 0.4) is 0 Å². The molecule has 1 unspecified atom stereocenters. The van der Waals surface area contributed by atoms with Crippen molar-refractivity contribution in [3.05, 3.63) is 29.6 Å². The zero-order chi connectivity index (χ0) is 14.6. The molecule has 0 aliphatic heterocycles. The lowest BCUT2D eigenvalue weighted by atomic mass is 10.1. The molecule has 1 aromatic carbocycles. The van der Waals surface area contributed by atoms with Crippen LogP contribution in [0.1, 0.15) is 5.56 Å². The summed E-state index contributed by atoms with van der Waals surface area (Å²) in [6, 6.07) is 2.41. The predicted octanol–water partition coefficient (Wildman–Crippen LogP) is 3.53. The van der Waals surface area contributed by atoms with Crippen molar-refractivity contribution in [2.75, 3.05) is 32.2 Å². The Morgan fingerprint density at radius 2 is 2.00 bits per heavy atom. The molecule has 2 nitrogen and oxygen atoms in total. The van der Waals surface area contributed by atoms with Gasteiger partial charge < -0.3 is 9.64 Å². The topological polar surface area (TPSA) is 12.5 Å². The van der Waals surface area contributed by atoms with Crippen molar-refractivity contribution in [1.29, 1.82) is 0 Å². The molecule has 0 amide bonds. The molecule has 1 rings (SSSR count). The van der Waals surface area contributed by atoms with Crippen molar-refractivity contribution in [3.63, 3.8) is 0 Å². The number of nitrogens with zero attached hydrogens (tertiary/aromatic N) is 1. The summed E-state index contributed by atoms with van der Waals surface area (Å²) < 4.78 is 55.7. The molecule has 0 fully saturated rings. The Morgan fingerprint density at radius 1 is 1.37 bits per heavy atom. The lowest BCUT2D eigenvalue weighted by Gasteiger charge is -2.23. The summed E-state index contributed by atoms with van der Waals surface area (Å²) in [7, 11) is 3.03. The molecule has 0 bridgehead atoms. The van der Waals surface area contributed by atoms with Crippen molar-refractivity contribution >= 4 is 17.3 Å². The lowest BCUT2D eigenvalue weighted by molar-refractivity contribution is -0.137. The highest BCUT2D eigenvalue weighted by Crippen LogP contribution is 2.32. The Bertz CT molecular complexity index is 425. The molecule has 108 valence electrons. The largest absolute Gasteiger partial charge is 0.416 e. The molecule has 0 N–H and O–H groups in total. The fraction of sp³-hybridized carbons (Fsp3) is 0.500. The second kappa shape index (κ2) is 6.43. The van der Waals surface area contributed by atoms with Crippen LogP contribution in [0.15, 0.2) is 18.2 Å². The van der Waals surface area contributed by atoms with E-state index >= 15 is 0 Å². The Labute approximate surface area is 113 Å². The van der Waals surface area contributed by atoms with Crippen LogP contribution in [-0.2, 0) is 10.9 Å². The van der Waals surface area contributed by atoms with E-state index < -0.39 is 17.6 Å². The van der Waals surface area contributed by atoms with Crippen molar-refractivity contribution in [2.24, 2.45) is 0 Å². The number of anilines is 1. The summed E-state index contributed by atoms with van der Waals surface area (Å²) >= 11 is 5.91. The van der Waals surface area contributed by atoms with Gasteiger partial charge in [0.25, 0.3) is 0 Å². The van der Waals surface area contributed by atoms with Gasteiger partial charge in [0.05, 0.1) is 23.2 Å². The van der Waals surface area contributed by atoms with Gasteiger partial charge in [0.2, 0.25) is 0 Å². The SMILES string of the molecule is COCC(Cl)CN(C)c1ccc(C(F)(F)F)cc1F. The van der Waals surface area contributed by atoms with Gasteiger partial charge in [-0.2, -0.15) is 13.2 Å². The van der Waals surface area contributed by atoms with E-state index in [2.05, 4.69) is 0 Å². The maximum atomic E-state index is 13.7. The molecule has 0 aliphatic carbocycles. The van der Waals surface area contributed by atoms with E-state index in [4.69, 9.17) is 16.3 Å². The molecule has 7 heteroatoms. The predicted molar refractivity (Wildman–Crippen MR) is 66.2 cm³/mol. The second-order valence-corrected chi connectivity index (χ2v) is 4.71. The molecule has 0 aliphatic rings. The Kier molecular flexibility index (Phi) is 5.43. The van der Waals surface area contributed by atoms with Gasteiger partial charge in [-0.3, -0.25) is 0 Å². The van der Waals surface area contributed by atoms with Gasteiger partial charge in [0.15, 0.2) is 0 Å². The van der Waals surface area contributed by atoms with Crippen LogP contribution in [0.2, 0.25) is 0 Å². The second-order valence-electron chi connectivity index (χ2n) is 4.10. The number of ether oxygens (including phenoxy) is 1. The minimum atomic E-state index is -4.55. The van der Waals surface area contributed by atoms with Crippen molar-refractivity contribution in [3.8, 4) is 0 Å². The van der Waals surface area contributed by atoms with Crippen molar-refractivity contribution in [2.45, 2.75) is 11.6 Å². The zero-order valence-corrected chi connectivity index (χ0v) is 11.2. The summed E-state index contributed by atoms with van der Waals surface area (Å²) in [5.41, 5.74) is -0.948. The Hall–Kier alpha value is -1.01. The van der Waals surface area contributed by atoms with Gasteiger partial charge >= 0.3 is 6.18 Å². The Balaban J connectivity index is 2.84. The first-order chi connectivity index (χ1) is 8.75. The number of alkyl halides is 4. The molecule has 0 heterocycles. The summed E-state index contributed by atoms with van der Waals surface area (Å²) in [5.74, 6) is -0.932. The van der Waals surface area contributed by atoms with E-state index in [-0.39, 0.29) is 24.2 Å². The van der Waals surface area contributed by atoms with Crippen LogP contribution in [0.25, 0.3) is 0 Å². The molecule has 0 saturated carbocycles. The molecule has 0 aromatic heterocycles. The smallest absolute Gasteiger partial charge is 0.383 e. The van der Waals surface area contributed by atoms with Gasteiger partial charge in [0.1, 0.15) is 5.82 Å². The molecule has 1 atom stereocenters. The van der Waals surface area contributed by atoms with E-state index in [1.54, 1.807) is 7.05 Å². The van der Waals surface area contributed by atoms with Crippen LogP contribution in [0.5, 0.6) is 0 Å². The van der Waals surface area contributed by atoms with Gasteiger partial charge in [-0.1, -0.05) is 0 Å². The highest BCUT2D eigenvalue weighted by molar-refractivity contribution is 6.21. The maximum Gasteiger partial charge on any atom is 0.416 e. The average Bonchev–Trinajstić information content (AvgIpc) is 2.27. The van der Waals surface area contributed by atoms with E-state index in [1.165, 1.54) is 12.0 Å². The first-order valence-electron chi connectivity index (χ1n) is 5.46. The van der Waals surface area contributed by atoms with E-state index in [9.17, 15) is 17.6 Å². The van der Waals surface area contributed by atoms with Crippen LogP contribution in [0, 0.1) is 5.82 Å². The average molecular weight is 300 g/mol.